The zero-order valence-corrected chi connectivity index (χ0v) is 28.2. The Morgan fingerprint density at radius 2 is 1.24 bits per heavy atom. The minimum absolute atomic E-state index is 0.207. The second kappa shape index (κ2) is 17.5. The van der Waals surface area contributed by atoms with Crippen LogP contribution in [0.4, 0.5) is 0 Å². The number of amides is 1. The van der Waals surface area contributed by atoms with Crippen molar-refractivity contribution in [2.24, 2.45) is 5.10 Å². The fraction of sp³-hybridized carbons (Fsp3) is 0.179. The molecule has 0 bridgehead atoms. The number of methoxy groups -OCH3 is 2. The van der Waals surface area contributed by atoms with Gasteiger partial charge in [0, 0.05) is 5.56 Å². The first-order valence-corrected chi connectivity index (χ1v) is 16.0. The maximum atomic E-state index is 12.9. The van der Waals surface area contributed by atoms with E-state index in [2.05, 4.69) is 10.5 Å². The van der Waals surface area contributed by atoms with Crippen LogP contribution in [0.25, 0.3) is 0 Å². The van der Waals surface area contributed by atoms with Crippen LogP contribution in [-0.2, 0) is 19.8 Å². The zero-order chi connectivity index (χ0) is 34.4. The van der Waals surface area contributed by atoms with Gasteiger partial charge in [0.2, 0.25) is 0 Å². The lowest BCUT2D eigenvalue weighted by molar-refractivity contribution is 0.0954. The highest BCUT2D eigenvalue weighted by Gasteiger charge is 2.15. The van der Waals surface area contributed by atoms with Crippen LogP contribution in [0, 0.1) is 0 Å². The van der Waals surface area contributed by atoms with Gasteiger partial charge in [0.15, 0.2) is 34.5 Å². The number of carbonyl (C=O) groups excluding carboxylic acids is 1. The van der Waals surface area contributed by atoms with E-state index < -0.39 is 5.91 Å². The molecule has 49 heavy (non-hydrogen) atoms. The Balaban J connectivity index is 1.20. The number of ether oxygens (including phenoxy) is 6. The van der Waals surface area contributed by atoms with Gasteiger partial charge in [-0.2, -0.15) is 5.10 Å². The fourth-order valence-corrected chi connectivity index (χ4v) is 5.04. The molecule has 0 radical (unpaired) electrons. The fourth-order valence-electron chi connectivity index (χ4n) is 4.77. The molecule has 0 aromatic heterocycles. The number of halogens is 1. The van der Waals surface area contributed by atoms with Gasteiger partial charge in [-0.05, 0) is 71.6 Å². The van der Waals surface area contributed by atoms with Crippen LogP contribution in [-0.4, -0.2) is 32.9 Å². The SMILES string of the molecule is CCOc1cc(/C=N/NC(=O)c2ccc(OCc3ccccc3)c(OC)c2)cc(Cl)c1OCc1ccc(OCc2ccccc2)c(OC)c1. The van der Waals surface area contributed by atoms with E-state index in [9.17, 15) is 4.79 Å². The van der Waals surface area contributed by atoms with E-state index in [0.29, 0.717) is 70.5 Å². The minimum atomic E-state index is -0.424. The van der Waals surface area contributed by atoms with E-state index in [4.69, 9.17) is 40.0 Å². The highest BCUT2D eigenvalue weighted by atomic mass is 35.5. The smallest absolute Gasteiger partial charge is 0.271 e. The summed E-state index contributed by atoms with van der Waals surface area (Å²) in [6.45, 7) is 3.25. The largest absolute Gasteiger partial charge is 0.493 e. The third-order valence-corrected chi connectivity index (χ3v) is 7.50. The Morgan fingerprint density at radius 3 is 1.86 bits per heavy atom. The Morgan fingerprint density at radius 1 is 0.653 bits per heavy atom. The molecule has 9 nitrogen and oxygen atoms in total. The van der Waals surface area contributed by atoms with E-state index >= 15 is 0 Å². The van der Waals surface area contributed by atoms with Crippen LogP contribution in [0.1, 0.15) is 39.5 Å². The van der Waals surface area contributed by atoms with Gasteiger partial charge in [0.05, 0.1) is 32.1 Å². The van der Waals surface area contributed by atoms with Gasteiger partial charge in [-0.1, -0.05) is 78.3 Å². The van der Waals surface area contributed by atoms with Crippen molar-refractivity contribution in [3.05, 3.63) is 142 Å². The molecule has 1 N–H and O–H groups in total. The Kier molecular flexibility index (Phi) is 12.4. The predicted molar refractivity (Wildman–Crippen MR) is 190 cm³/mol. The summed E-state index contributed by atoms with van der Waals surface area (Å²) >= 11 is 6.65. The van der Waals surface area contributed by atoms with Gasteiger partial charge >= 0.3 is 0 Å². The molecule has 5 aromatic rings. The molecule has 0 atom stereocenters. The van der Waals surface area contributed by atoms with Crippen LogP contribution in [0.3, 0.4) is 0 Å². The Bertz CT molecular complexity index is 1870. The molecule has 0 unspecified atom stereocenters. The average Bonchev–Trinajstić information content (AvgIpc) is 3.13. The van der Waals surface area contributed by atoms with Gasteiger partial charge in [-0.15, -0.1) is 0 Å². The van der Waals surface area contributed by atoms with Crippen LogP contribution in [0.5, 0.6) is 34.5 Å². The first kappa shape index (κ1) is 34.7. The van der Waals surface area contributed by atoms with Crippen molar-refractivity contribution in [2.75, 3.05) is 20.8 Å². The van der Waals surface area contributed by atoms with Crippen molar-refractivity contribution in [3.8, 4) is 34.5 Å². The molecular formula is C39H37ClN2O7. The van der Waals surface area contributed by atoms with Gasteiger partial charge < -0.3 is 28.4 Å². The molecule has 1 amide bonds. The number of nitrogens with zero attached hydrogens (tertiary/aromatic N) is 1. The summed E-state index contributed by atoms with van der Waals surface area (Å²) in [4.78, 5) is 12.9. The highest BCUT2D eigenvalue weighted by molar-refractivity contribution is 6.32. The summed E-state index contributed by atoms with van der Waals surface area (Å²) in [5.74, 6) is 2.57. The number of hydrazone groups is 1. The van der Waals surface area contributed by atoms with Crippen molar-refractivity contribution in [3.63, 3.8) is 0 Å². The van der Waals surface area contributed by atoms with E-state index in [1.54, 1.807) is 37.4 Å². The summed E-state index contributed by atoms with van der Waals surface area (Å²) in [5.41, 5.74) is 6.42. The molecule has 0 aliphatic rings. The minimum Gasteiger partial charge on any atom is -0.493 e. The summed E-state index contributed by atoms with van der Waals surface area (Å²) in [7, 11) is 3.12. The van der Waals surface area contributed by atoms with Crippen LogP contribution < -0.4 is 33.8 Å². The van der Waals surface area contributed by atoms with Gasteiger partial charge in [-0.25, -0.2) is 5.43 Å². The summed E-state index contributed by atoms with van der Waals surface area (Å²) in [6, 6.07) is 33.7. The molecule has 0 saturated carbocycles. The van der Waals surface area contributed by atoms with Crippen LogP contribution in [0.2, 0.25) is 5.02 Å². The van der Waals surface area contributed by atoms with E-state index in [1.165, 1.54) is 13.3 Å². The van der Waals surface area contributed by atoms with E-state index in [-0.39, 0.29) is 6.61 Å². The van der Waals surface area contributed by atoms with E-state index in [0.717, 1.165) is 16.7 Å². The molecule has 0 aliphatic heterocycles. The number of benzene rings is 5. The number of carbonyl (C=O) groups is 1. The third kappa shape index (κ3) is 9.68. The molecule has 0 fully saturated rings. The highest BCUT2D eigenvalue weighted by Crippen LogP contribution is 2.38. The number of hydrogen-bond donors (Lipinski definition) is 1. The number of nitrogens with one attached hydrogen (secondary N) is 1. The van der Waals surface area contributed by atoms with Gasteiger partial charge in [-0.3, -0.25) is 4.79 Å². The maximum absolute atomic E-state index is 12.9. The molecule has 5 rings (SSSR count). The molecule has 0 heterocycles. The Labute approximate surface area is 291 Å². The van der Waals surface area contributed by atoms with Crippen molar-refractivity contribution < 1.29 is 33.2 Å². The van der Waals surface area contributed by atoms with E-state index in [1.807, 2.05) is 85.8 Å². The lowest BCUT2D eigenvalue weighted by Gasteiger charge is -2.16. The van der Waals surface area contributed by atoms with Crippen molar-refractivity contribution in [1.29, 1.82) is 0 Å². The van der Waals surface area contributed by atoms with Crippen LogP contribution >= 0.6 is 11.6 Å². The summed E-state index contributed by atoms with van der Waals surface area (Å²) in [5, 5.41) is 4.45. The first-order chi connectivity index (χ1) is 24.0. The topological polar surface area (TPSA) is 96.8 Å². The molecule has 5 aromatic carbocycles. The normalized spacial score (nSPS) is 10.8. The maximum Gasteiger partial charge on any atom is 0.271 e. The second-order valence-electron chi connectivity index (χ2n) is 10.7. The first-order valence-electron chi connectivity index (χ1n) is 15.6. The summed E-state index contributed by atoms with van der Waals surface area (Å²) < 4.78 is 34.8. The zero-order valence-electron chi connectivity index (χ0n) is 27.5. The molecule has 252 valence electrons. The predicted octanol–water partition coefficient (Wildman–Crippen LogP) is 8.26. The molecule has 10 heteroatoms. The number of hydrogen-bond acceptors (Lipinski definition) is 8. The molecule has 0 spiro atoms. The lowest BCUT2D eigenvalue weighted by Crippen LogP contribution is -2.17. The third-order valence-electron chi connectivity index (χ3n) is 7.22. The molecular weight excluding hydrogens is 644 g/mol. The average molecular weight is 681 g/mol. The van der Waals surface area contributed by atoms with Crippen molar-refractivity contribution in [1.82, 2.24) is 5.43 Å². The molecule has 0 aliphatic carbocycles. The second-order valence-corrected chi connectivity index (χ2v) is 11.1. The summed E-state index contributed by atoms with van der Waals surface area (Å²) in [6.07, 6.45) is 1.48. The quantitative estimate of drug-likeness (QED) is 0.0828. The Hall–Kier alpha value is -5.67. The van der Waals surface area contributed by atoms with Gasteiger partial charge in [0.25, 0.3) is 5.91 Å². The van der Waals surface area contributed by atoms with Crippen LogP contribution in [0.15, 0.2) is 114 Å². The van der Waals surface area contributed by atoms with Crippen molar-refractivity contribution in [2.45, 2.75) is 26.7 Å². The standard InChI is InChI=1S/C39H37ClN2O7/c1-4-46-37-21-30(23-41-42-39(43)31-16-18-34(36(22-31)45-3)48-25-28-13-9-6-10-14-28)19-32(40)38(37)49-26-29-15-17-33(35(20-29)44-2)47-24-27-11-7-5-8-12-27/h5-23H,4,24-26H2,1-3H3,(H,42,43)/b41-23+. The van der Waals surface area contributed by atoms with Gasteiger partial charge in [0.1, 0.15) is 19.8 Å². The monoisotopic (exact) mass is 680 g/mol. The molecule has 0 saturated heterocycles. The number of rotatable bonds is 16. The van der Waals surface area contributed by atoms with Crippen molar-refractivity contribution >= 4 is 23.7 Å². The lowest BCUT2D eigenvalue weighted by atomic mass is 10.2.